The van der Waals surface area contributed by atoms with E-state index in [9.17, 15) is 0 Å². The van der Waals surface area contributed by atoms with Crippen molar-refractivity contribution in [1.29, 1.82) is 0 Å². The summed E-state index contributed by atoms with van der Waals surface area (Å²) in [7, 11) is 0. The molecule has 0 spiro atoms. The van der Waals surface area contributed by atoms with Gasteiger partial charge in [-0.2, -0.15) is 0 Å². The average Bonchev–Trinajstić information content (AvgIpc) is 2.38. The molecule has 0 saturated heterocycles. The van der Waals surface area contributed by atoms with Gasteiger partial charge in [-0.15, -0.1) is 0 Å². The monoisotopic (exact) mass is 251 g/mol. The van der Waals surface area contributed by atoms with Gasteiger partial charge >= 0.3 is 0 Å². The zero-order chi connectivity index (χ0) is 13.4. The Morgan fingerprint density at radius 2 is 1.95 bits per heavy atom. The van der Waals surface area contributed by atoms with Crippen LogP contribution in [0, 0.1) is 13.8 Å². The van der Waals surface area contributed by atoms with Crippen LogP contribution >= 0.6 is 0 Å². The maximum absolute atomic E-state index is 6.43. The minimum Gasteiger partial charge on any atom is -0.324 e. The topological polar surface area (TPSA) is 26.0 Å². The molecule has 0 bridgehead atoms. The highest BCUT2D eigenvalue weighted by Gasteiger charge is 2.27. The molecule has 1 aliphatic rings. The molecule has 2 aromatic rings. The predicted molar refractivity (Wildman–Crippen MR) is 80.3 cm³/mol. The molecule has 2 unspecified atom stereocenters. The molecule has 0 fully saturated rings. The van der Waals surface area contributed by atoms with Crippen molar-refractivity contribution in [3.8, 4) is 0 Å². The van der Waals surface area contributed by atoms with E-state index in [1.54, 1.807) is 0 Å². The van der Waals surface area contributed by atoms with Crippen molar-refractivity contribution >= 4 is 0 Å². The fourth-order valence-electron chi connectivity index (χ4n) is 3.17. The molecule has 3 rings (SSSR count). The van der Waals surface area contributed by atoms with Crippen molar-refractivity contribution in [2.45, 2.75) is 38.6 Å². The van der Waals surface area contributed by atoms with E-state index in [4.69, 9.17) is 5.73 Å². The van der Waals surface area contributed by atoms with Gasteiger partial charge < -0.3 is 5.73 Å². The summed E-state index contributed by atoms with van der Waals surface area (Å²) in [5.41, 5.74) is 13.4. The third-order valence-electron chi connectivity index (χ3n) is 4.33. The summed E-state index contributed by atoms with van der Waals surface area (Å²) >= 11 is 0. The predicted octanol–water partition coefficient (Wildman–Crippen LogP) is 4.03. The van der Waals surface area contributed by atoms with E-state index in [0.29, 0.717) is 5.92 Å². The van der Waals surface area contributed by atoms with E-state index in [0.717, 1.165) is 6.42 Å². The van der Waals surface area contributed by atoms with Crippen molar-refractivity contribution in [3.05, 3.63) is 70.3 Å². The number of aryl methyl sites for hydroxylation is 2. The molecular formula is C18H21N. The van der Waals surface area contributed by atoms with E-state index in [1.807, 2.05) is 0 Å². The number of rotatable bonds is 3. The first-order chi connectivity index (χ1) is 9.15. The van der Waals surface area contributed by atoms with Crippen LogP contribution in [0.5, 0.6) is 0 Å². The Kier molecular flexibility index (Phi) is 3.16. The number of hydrogen-bond donors (Lipinski definition) is 1. The van der Waals surface area contributed by atoms with E-state index in [1.165, 1.54) is 34.2 Å². The largest absolute Gasteiger partial charge is 0.324 e. The van der Waals surface area contributed by atoms with Crippen LogP contribution in [0.25, 0.3) is 0 Å². The van der Waals surface area contributed by atoms with Crippen LogP contribution in [0.1, 0.15) is 46.2 Å². The smallest absolute Gasteiger partial charge is 0.0303 e. The van der Waals surface area contributed by atoms with E-state index < -0.39 is 0 Å². The maximum atomic E-state index is 6.43. The van der Waals surface area contributed by atoms with E-state index in [-0.39, 0.29) is 6.04 Å². The van der Waals surface area contributed by atoms with Crippen molar-refractivity contribution < 1.29 is 0 Å². The molecule has 0 aliphatic heterocycles. The Morgan fingerprint density at radius 1 is 1.16 bits per heavy atom. The Morgan fingerprint density at radius 3 is 2.74 bits per heavy atom. The fraction of sp³-hybridized carbons (Fsp3) is 0.333. The Labute approximate surface area is 115 Å². The van der Waals surface area contributed by atoms with Gasteiger partial charge in [0.1, 0.15) is 0 Å². The summed E-state index contributed by atoms with van der Waals surface area (Å²) in [5, 5.41) is 0. The third-order valence-corrected chi connectivity index (χ3v) is 4.33. The molecule has 1 nitrogen and oxygen atoms in total. The van der Waals surface area contributed by atoms with Crippen LogP contribution in [0.4, 0.5) is 0 Å². The van der Waals surface area contributed by atoms with Gasteiger partial charge in [0, 0.05) is 6.04 Å². The molecule has 0 radical (unpaired) electrons. The summed E-state index contributed by atoms with van der Waals surface area (Å²) < 4.78 is 0. The molecule has 2 atom stereocenters. The molecule has 0 heterocycles. The van der Waals surface area contributed by atoms with Crippen LogP contribution in [0.15, 0.2) is 42.5 Å². The average molecular weight is 251 g/mol. The summed E-state index contributed by atoms with van der Waals surface area (Å²) in [5.74, 6) is 0.645. The van der Waals surface area contributed by atoms with Gasteiger partial charge in [-0.1, -0.05) is 48.0 Å². The van der Waals surface area contributed by atoms with Crippen molar-refractivity contribution in [2.24, 2.45) is 5.73 Å². The first kappa shape index (κ1) is 12.4. The summed E-state index contributed by atoms with van der Waals surface area (Å²) in [4.78, 5) is 0. The van der Waals surface area contributed by atoms with Gasteiger partial charge in [-0.05, 0) is 54.9 Å². The molecule has 1 heteroatoms. The zero-order valence-corrected chi connectivity index (χ0v) is 11.7. The second-order valence-corrected chi connectivity index (χ2v) is 5.80. The molecular weight excluding hydrogens is 230 g/mol. The van der Waals surface area contributed by atoms with Gasteiger partial charge in [0.2, 0.25) is 0 Å². The number of fused-ring (bicyclic) bond motifs is 1. The van der Waals surface area contributed by atoms with Gasteiger partial charge in [0.05, 0.1) is 0 Å². The van der Waals surface area contributed by atoms with Crippen molar-refractivity contribution in [3.63, 3.8) is 0 Å². The van der Waals surface area contributed by atoms with Gasteiger partial charge in [0.15, 0.2) is 0 Å². The van der Waals surface area contributed by atoms with Crippen LogP contribution < -0.4 is 5.73 Å². The molecule has 0 saturated carbocycles. The standard InChI is InChI=1S/C18H21N/c1-12-7-8-13(2)17(9-12)18(19)11-15-10-14-5-3-4-6-16(14)15/h3-9,15,18H,10-11,19H2,1-2H3. The van der Waals surface area contributed by atoms with Gasteiger partial charge in [0.25, 0.3) is 0 Å². The molecule has 1 aliphatic carbocycles. The Bertz CT molecular complexity index is 600. The second-order valence-electron chi connectivity index (χ2n) is 5.80. The fourth-order valence-corrected chi connectivity index (χ4v) is 3.17. The normalized spacial score (nSPS) is 18.6. The molecule has 2 N–H and O–H groups in total. The molecule has 0 amide bonds. The van der Waals surface area contributed by atoms with E-state index >= 15 is 0 Å². The quantitative estimate of drug-likeness (QED) is 0.875. The lowest BCUT2D eigenvalue weighted by Gasteiger charge is -2.32. The van der Waals surface area contributed by atoms with Crippen molar-refractivity contribution in [2.75, 3.05) is 0 Å². The minimum atomic E-state index is 0.151. The van der Waals surface area contributed by atoms with Gasteiger partial charge in [-0.25, -0.2) is 0 Å². The summed E-state index contributed by atoms with van der Waals surface area (Å²) in [6.45, 7) is 4.29. The van der Waals surface area contributed by atoms with E-state index in [2.05, 4.69) is 56.3 Å². The molecule has 2 aromatic carbocycles. The SMILES string of the molecule is Cc1ccc(C)c(C(N)CC2Cc3ccccc32)c1. The number of benzene rings is 2. The lowest BCUT2D eigenvalue weighted by molar-refractivity contribution is 0.497. The molecule has 98 valence electrons. The number of nitrogens with two attached hydrogens (primary N) is 1. The lowest BCUT2D eigenvalue weighted by Crippen LogP contribution is -2.23. The highest BCUT2D eigenvalue weighted by atomic mass is 14.6. The van der Waals surface area contributed by atoms with Crippen molar-refractivity contribution in [1.82, 2.24) is 0 Å². The Hall–Kier alpha value is -1.60. The third kappa shape index (κ3) is 2.31. The summed E-state index contributed by atoms with van der Waals surface area (Å²) in [6, 6.07) is 15.5. The van der Waals surface area contributed by atoms with Crippen LogP contribution in [-0.4, -0.2) is 0 Å². The highest BCUT2D eigenvalue weighted by Crippen LogP contribution is 2.40. The second kappa shape index (κ2) is 4.82. The molecule has 0 aromatic heterocycles. The summed E-state index contributed by atoms with van der Waals surface area (Å²) in [6.07, 6.45) is 2.25. The first-order valence-electron chi connectivity index (χ1n) is 7.05. The Balaban J connectivity index is 1.76. The van der Waals surface area contributed by atoms with Crippen LogP contribution in [0.2, 0.25) is 0 Å². The highest BCUT2D eigenvalue weighted by molar-refractivity contribution is 5.41. The van der Waals surface area contributed by atoms with Crippen LogP contribution in [-0.2, 0) is 6.42 Å². The first-order valence-corrected chi connectivity index (χ1v) is 7.05. The number of hydrogen-bond acceptors (Lipinski definition) is 1. The van der Waals surface area contributed by atoms with Crippen LogP contribution in [0.3, 0.4) is 0 Å². The zero-order valence-electron chi connectivity index (χ0n) is 11.7. The maximum Gasteiger partial charge on any atom is 0.0303 e. The minimum absolute atomic E-state index is 0.151. The lowest BCUT2D eigenvalue weighted by atomic mass is 9.73. The molecule has 19 heavy (non-hydrogen) atoms. The van der Waals surface area contributed by atoms with Gasteiger partial charge in [-0.3, -0.25) is 0 Å².